The Kier molecular flexibility index (Phi) is 5.86. The van der Waals surface area contributed by atoms with Gasteiger partial charge in [0.05, 0.1) is 13.2 Å². The normalized spacial score (nSPS) is 11.1. The smallest absolute Gasteiger partial charge is 0.332 e. The summed E-state index contributed by atoms with van der Waals surface area (Å²) in [4.78, 5) is 37.9. The van der Waals surface area contributed by atoms with Gasteiger partial charge in [-0.3, -0.25) is 23.6 Å². The fourth-order valence-electron chi connectivity index (χ4n) is 2.13. The van der Waals surface area contributed by atoms with Gasteiger partial charge < -0.3 is 10.8 Å². The Labute approximate surface area is 122 Å². The van der Waals surface area contributed by atoms with E-state index in [2.05, 4.69) is 0 Å². The van der Waals surface area contributed by atoms with E-state index >= 15 is 0 Å². The van der Waals surface area contributed by atoms with Crippen LogP contribution in [0.5, 0.6) is 0 Å². The number of aromatic nitrogens is 2. The van der Waals surface area contributed by atoms with Crippen LogP contribution in [0.15, 0.2) is 9.59 Å². The molecule has 1 aromatic heterocycles. The van der Waals surface area contributed by atoms with Crippen molar-refractivity contribution < 1.29 is 9.90 Å². The molecule has 21 heavy (non-hydrogen) atoms. The van der Waals surface area contributed by atoms with Crippen LogP contribution in [0.2, 0.25) is 0 Å². The van der Waals surface area contributed by atoms with Crippen LogP contribution in [0.1, 0.15) is 23.7 Å². The van der Waals surface area contributed by atoms with E-state index in [1.54, 1.807) is 4.90 Å². The molecule has 0 atom stereocenters. The number of hydrogen-bond acceptors (Lipinski definition) is 6. The van der Waals surface area contributed by atoms with Gasteiger partial charge in [-0.1, -0.05) is 6.92 Å². The number of aliphatic hydroxyl groups is 1. The monoisotopic (exact) mass is 298 g/mol. The van der Waals surface area contributed by atoms with Gasteiger partial charge in [0.15, 0.2) is 5.78 Å². The van der Waals surface area contributed by atoms with Crippen molar-refractivity contribution in [3.63, 3.8) is 0 Å². The van der Waals surface area contributed by atoms with Crippen molar-refractivity contribution >= 4 is 11.6 Å². The molecule has 0 unspecified atom stereocenters. The second-order valence-corrected chi connectivity index (χ2v) is 4.89. The largest absolute Gasteiger partial charge is 0.395 e. The van der Waals surface area contributed by atoms with Crippen molar-refractivity contribution in [1.29, 1.82) is 0 Å². The number of nitrogens with zero attached hydrogens (tertiary/aromatic N) is 3. The summed E-state index contributed by atoms with van der Waals surface area (Å²) in [6.07, 6.45) is 0.814. The van der Waals surface area contributed by atoms with E-state index in [4.69, 9.17) is 10.8 Å². The van der Waals surface area contributed by atoms with Gasteiger partial charge in [0.25, 0.3) is 5.56 Å². The van der Waals surface area contributed by atoms with E-state index in [9.17, 15) is 14.4 Å². The molecule has 0 fully saturated rings. The fraction of sp³-hybridized carbons (Fsp3) is 0.615. The Hall–Kier alpha value is -1.93. The molecule has 1 heterocycles. The number of rotatable bonds is 7. The Morgan fingerprint density at radius 3 is 2.38 bits per heavy atom. The van der Waals surface area contributed by atoms with Crippen molar-refractivity contribution in [3.8, 4) is 0 Å². The molecule has 8 heteroatoms. The van der Waals surface area contributed by atoms with E-state index in [1.165, 1.54) is 14.1 Å². The summed E-state index contributed by atoms with van der Waals surface area (Å²) in [5, 5.41) is 8.99. The first-order chi connectivity index (χ1) is 9.84. The topological polar surface area (TPSA) is 111 Å². The standard InChI is InChI=1S/C13H22N4O4/c1-4-5-17(6-7-18)8-9(19)10-11(14)15(2)13(21)16(3)12(10)20/h18H,4-8,14H2,1-3H3. The van der Waals surface area contributed by atoms with Crippen LogP contribution >= 0.6 is 0 Å². The maximum Gasteiger partial charge on any atom is 0.332 e. The van der Waals surface area contributed by atoms with E-state index in [-0.39, 0.29) is 24.5 Å². The third-order valence-corrected chi connectivity index (χ3v) is 3.31. The lowest BCUT2D eigenvalue weighted by Gasteiger charge is -2.20. The maximum absolute atomic E-state index is 12.3. The molecule has 0 amide bonds. The number of carbonyl (C=O) groups excluding carboxylic acids is 1. The molecule has 0 spiro atoms. The van der Waals surface area contributed by atoms with Gasteiger partial charge in [-0.25, -0.2) is 4.79 Å². The Balaban J connectivity index is 3.19. The molecule has 8 nitrogen and oxygen atoms in total. The molecule has 1 aromatic rings. The van der Waals surface area contributed by atoms with Crippen molar-refractivity contribution in [3.05, 3.63) is 26.4 Å². The third-order valence-electron chi connectivity index (χ3n) is 3.31. The highest BCUT2D eigenvalue weighted by atomic mass is 16.3. The predicted molar refractivity (Wildman–Crippen MR) is 79.5 cm³/mol. The molecule has 3 N–H and O–H groups in total. The Morgan fingerprint density at radius 2 is 1.86 bits per heavy atom. The lowest BCUT2D eigenvalue weighted by Crippen LogP contribution is -2.43. The number of carbonyl (C=O) groups is 1. The van der Waals surface area contributed by atoms with E-state index in [1.807, 2.05) is 6.92 Å². The molecule has 0 saturated carbocycles. The molecule has 0 aliphatic rings. The highest BCUT2D eigenvalue weighted by molar-refractivity contribution is 6.01. The van der Waals surface area contributed by atoms with Crippen LogP contribution in [0.3, 0.4) is 0 Å². The van der Waals surface area contributed by atoms with Gasteiger partial charge in [-0.15, -0.1) is 0 Å². The van der Waals surface area contributed by atoms with Crippen LogP contribution in [-0.2, 0) is 14.1 Å². The fourth-order valence-corrected chi connectivity index (χ4v) is 2.13. The van der Waals surface area contributed by atoms with Gasteiger partial charge in [-0.05, 0) is 13.0 Å². The zero-order valence-electron chi connectivity index (χ0n) is 12.6. The van der Waals surface area contributed by atoms with Gasteiger partial charge in [-0.2, -0.15) is 0 Å². The number of nitrogens with two attached hydrogens (primary N) is 1. The molecule has 118 valence electrons. The molecule has 0 aliphatic carbocycles. The summed E-state index contributed by atoms with van der Waals surface area (Å²) >= 11 is 0. The zero-order chi connectivity index (χ0) is 16.2. The van der Waals surface area contributed by atoms with E-state index in [0.717, 1.165) is 15.6 Å². The summed E-state index contributed by atoms with van der Waals surface area (Å²) in [5.74, 6) is -0.584. The Bertz CT molecular complexity index is 626. The number of Topliss-reactive ketones (excluding diaryl/α,β-unsaturated/α-hetero) is 1. The van der Waals surface area contributed by atoms with Gasteiger partial charge in [0.2, 0.25) is 0 Å². The third kappa shape index (κ3) is 3.59. The molecule has 0 aliphatic heterocycles. The molecular weight excluding hydrogens is 276 g/mol. The summed E-state index contributed by atoms with van der Waals surface area (Å²) in [6, 6.07) is 0. The number of aliphatic hydroxyl groups excluding tert-OH is 1. The van der Waals surface area contributed by atoms with Gasteiger partial charge in [0.1, 0.15) is 11.4 Å². The molecule has 1 rings (SSSR count). The van der Waals surface area contributed by atoms with E-state index in [0.29, 0.717) is 13.1 Å². The minimum Gasteiger partial charge on any atom is -0.395 e. The first-order valence-corrected chi connectivity index (χ1v) is 6.77. The molecule has 0 radical (unpaired) electrons. The average molecular weight is 298 g/mol. The molecular formula is C13H22N4O4. The molecule has 0 bridgehead atoms. The number of nitrogen functional groups attached to an aromatic ring is 1. The van der Waals surface area contributed by atoms with E-state index < -0.39 is 17.0 Å². The summed E-state index contributed by atoms with van der Waals surface area (Å²) in [7, 11) is 2.71. The van der Waals surface area contributed by atoms with Gasteiger partial charge >= 0.3 is 5.69 Å². The van der Waals surface area contributed by atoms with Crippen LogP contribution in [0.4, 0.5) is 5.82 Å². The SMILES string of the molecule is CCCN(CCO)CC(=O)c1c(N)n(C)c(=O)n(C)c1=O. The average Bonchev–Trinajstić information content (AvgIpc) is 2.44. The molecule has 0 aromatic carbocycles. The maximum atomic E-state index is 12.3. The summed E-state index contributed by atoms with van der Waals surface area (Å²) in [6.45, 7) is 2.82. The highest BCUT2D eigenvalue weighted by Gasteiger charge is 2.21. The lowest BCUT2D eigenvalue weighted by atomic mass is 10.1. The van der Waals surface area contributed by atoms with Crippen LogP contribution in [0.25, 0.3) is 0 Å². The summed E-state index contributed by atoms with van der Waals surface area (Å²) in [5.41, 5.74) is 4.29. The minimum atomic E-state index is -0.693. The van der Waals surface area contributed by atoms with Crippen molar-refractivity contribution in [2.75, 3.05) is 32.0 Å². The predicted octanol–water partition coefficient (Wildman–Crippen LogP) is -1.45. The first kappa shape index (κ1) is 17.1. The molecule has 0 saturated heterocycles. The lowest BCUT2D eigenvalue weighted by molar-refractivity contribution is 0.0913. The highest BCUT2D eigenvalue weighted by Crippen LogP contribution is 2.05. The number of anilines is 1. The quantitative estimate of drug-likeness (QED) is 0.596. The van der Waals surface area contributed by atoms with Crippen LogP contribution in [-0.4, -0.2) is 51.2 Å². The number of ketones is 1. The minimum absolute atomic E-state index is 0.0218. The zero-order valence-corrected chi connectivity index (χ0v) is 12.6. The second kappa shape index (κ2) is 7.19. The number of hydrogen-bond donors (Lipinski definition) is 2. The van der Waals surface area contributed by atoms with Crippen molar-refractivity contribution in [1.82, 2.24) is 14.0 Å². The van der Waals surface area contributed by atoms with Gasteiger partial charge in [0, 0.05) is 20.6 Å². The second-order valence-electron chi connectivity index (χ2n) is 4.89. The Morgan fingerprint density at radius 1 is 1.24 bits per heavy atom. The summed E-state index contributed by atoms with van der Waals surface area (Å²) < 4.78 is 1.94. The van der Waals surface area contributed by atoms with Crippen molar-refractivity contribution in [2.24, 2.45) is 14.1 Å². The first-order valence-electron chi connectivity index (χ1n) is 6.77. The van der Waals surface area contributed by atoms with Crippen LogP contribution in [0, 0.1) is 0 Å². The van der Waals surface area contributed by atoms with Crippen LogP contribution < -0.4 is 17.0 Å². The van der Waals surface area contributed by atoms with Crippen molar-refractivity contribution in [2.45, 2.75) is 13.3 Å².